The van der Waals surface area contributed by atoms with E-state index in [9.17, 15) is 0 Å². The molecule has 55 heavy (non-hydrogen) atoms. The molecule has 1 heterocycles. The van der Waals surface area contributed by atoms with Crippen LogP contribution in [0.2, 0.25) is 0 Å². The van der Waals surface area contributed by atoms with Crippen molar-refractivity contribution in [3.63, 3.8) is 0 Å². The van der Waals surface area contributed by atoms with Crippen molar-refractivity contribution >= 4 is 44.6 Å². The van der Waals surface area contributed by atoms with Crippen LogP contribution in [0.25, 0.3) is 65.7 Å². The lowest BCUT2D eigenvalue weighted by atomic mass is 9.82. The van der Waals surface area contributed by atoms with Crippen molar-refractivity contribution in [3.05, 3.63) is 211 Å². The molecule has 0 radical (unpaired) electrons. The van der Waals surface area contributed by atoms with E-state index in [1.54, 1.807) is 0 Å². The maximum Gasteiger partial charge on any atom is 0.187 e. The molecule has 3 nitrogen and oxygen atoms in total. The molecule has 1 aromatic heterocycles. The Labute approximate surface area is 321 Å². The third-order valence-electron chi connectivity index (χ3n) is 11.4. The van der Waals surface area contributed by atoms with Crippen LogP contribution >= 0.6 is 0 Å². The number of nitrogens with zero attached hydrogens (tertiary/aromatic N) is 3. The van der Waals surface area contributed by atoms with Crippen molar-refractivity contribution < 1.29 is 0 Å². The van der Waals surface area contributed by atoms with E-state index in [-0.39, 0.29) is 5.41 Å². The van der Waals surface area contributed by atoms with Crippen LogP contribution in [0, 0.1) is 6.57 Å². The van der Waals surface area contributed by atoms with Crippen molar-refractivity contribution in [1.29, 1.82) is 0 Å². The Morgan fingerprint density at radius 1 is 0.455 bits per heavy atom. The lowest BCUT2D eigenvalue weighted by Crippen LogP contribution is -2.15. The number of rotatable bonds is 6. The summed E-state index contributed by atoms with van der Waals surface area (Å²) >= 11 is 0. The minimum atomic E-state index is -0.0637. The Morgan fingerprint density at radius 3 is 1.60 bits per heavy atom. The molecule has 1 aliphatic rings. The van der Waals surface area contributed by atoms with Crippen molar-refractivity contribution in [1.82, 2.24) is 4.57 Å². The molecule has 0 atom stereocenters. The number of hydrogen-bond acceptors (Lipinski definition) is 1. The highest BCUT2D eigenvalue weighted by molar-refractivity contribution is 6.11. The zero-order valence-corrected chi connectivity index (χ0v) is 30.7. The fourth-order valence-electron chi connectivity index (χ4n) is 8.64. The number of benzene rings is 8. The van der Waals surface area contributed by atoms with Crippen molar-refractivity contribution in [2.75, 3.05) is 4.90 Å². The third kappa shape index (κ3) is 5.34. The molecule has 0 unspecified atom stereocenters. The first kappa shape index (κ1) is 32.5. The minimum absolute atomic E-state index is 0.0637. The van der Waals surface area contributed by atoms with Gasteiger partial charge in [-0.3, -0.25) is 0 Å². The second-order valence-electron chi connectivity index (χ2n) is 14.9. The highest BCUT2D eigenvalue weighted by Gasteiger charge is 2.35. The van der Waals surface area contributed by atoms with Crippen LogP contribution in [-0.4, -0.2) is 4.57 Å². The molecule has 3 heteroatoms. The van der Waals surface area contributed by atoms with E-state index in [0.717, 1.165) is 28.3 Å². The number of anilines is 3. The predicted molar refractivity (Wildman–Crippen MR) is 230 cm³/mol. The molecule has 0 saturated carbocycles. The molecular formula is C52H37N3. The first-order valence-electron chi connectivity index (χ1n) is 18.8. The summed E-state index contributed by atoms with van der Waals surface area (Å²) in [6.45, 7) is 12.2. The smallest absolute Gasteiger partial charge is 0.187 e. The Balaban J connectivity index is 1.09. The van der Waals surface area contributed by atoms with Gasteiger partial charge in [-0.2, -0.15) is 0 Å². The van der Waals surface area contributed by atoms with Crippen LogP contribution < -0.4 is 4.90 Å². The minimum Gasteiger partial charge on any atom is -0.311 e. The van der Waals surface area contributed by atoms with Gasteiger partial charge < -0.3 is 9.47 Å². The number of fused-ring (bicyclic) bond motifs is 6. The molecule has 8 aromatic carbocycles. The van der Waals surface area contributed by atoms with Gasteiger partial charge in [-0.05, 0) is 117 Å². The van der Waals surface area contributed by atoms with Gasteiger partial charge in [0.05, 0.1) is 17.6 Å². The second-order valence-corrected chi connectivity index (χ2v) is 14.9. The third-order valence-corrected chi connectivity index (χ3v) is 11.4. The van der Waals surface area contributed by atoms with E-state index in [4.69, 9.17) is 6.57 Å². The highest BCUT2D eigenvalue weighted by atomic mass is 15.1. The summed E-state index contributed by atoms with van der Waals surface area (Å²) in [5.74, 6) is 0. The molecule has 0 spiro atoms. The average molecular weight is 704 g/mol. The molecular weight excluding hydrogens is 667 g/mol. The Morgan fingerprint density at radius 2 is 0.964 bits per heavy atom. The van der Waals surface area contributed by atoms with E-state index in [0.29, 0.717) is 5.69 Å². The predicted octanol–water partition coefficient (Wildman–Crippen LogP) is 14.4. The monoisotopic (exact) mass is 703 g/mol. The summed E-state index contributed by atoms with van der Waals surface area (Å²) in [7, 11) is 0. The highest BCUT2D eigenvalue weighted by Crippen LogP contribution is 2.50. The van der Waals surface area contributed by atoms with Crippen LogP contribution in [0.3, 0.4) is 0 Å². The van der Waals surface area contributed by atoms with Gasteiger partial charge in [-0.25, -0.2) is 4.85 Å². The maximum atomic E-state index is 7.54. The Hall–Kier alpha value is -7.15. The van der Waals surface area contributed by atoms with Gasteiger partial charge >= 0.3 is 0 Å². The molecule has 0 aliphatic heterocycles. The first-order valence-corrected chi connectivity index (χ1v) is 18.8. The van der Waals surface area contributed by atoms with E-state index >= 15 is 0 Å². The van der Waals surface area contributed by atoms with E-state index in [1.807, 2.05) is 24.3 Å². The van der Waals surface area contributed by atoms with Crippen LogP contribution in [0.15, 0.2) is 188 Å². The fourth-order valence-corrected chi connectivity index (χ4v) is 8.64. The van der Waals surface area contributed by atoms with Gasteiger partial charge in [0.1, 0.15) is 0 Å². The van der Waals surface area contributed by atoms with E-state index in [1.165, 1.54) is 60.8 Å². The molecule has 10 rings (SSSR count). The average Bonchev–Trinajstić information content (AvgIpc) is 3.69. The standard InChI is InChI=1S/C52H37N3/c1-52(2)48-17-11-10-16-44(48)45-34-43(28-29-49(45)52)54(42-26-22-39(53-3)23-27-42)41-24-18-36(19-25-41)38-21-31-51-47(33-38)46-32-37(35-12-6-4-7-13-35)20-30-50(46)55(51)40-14-8-5-9-15-40/h4-34H,1-2H3. The van der Waals surface area contributed by atoms with Gasteiger partial charge in [0, 0.05) is 38.9 Å². The summed E-state index contributed by atoms with van der Waals surface area (Å²) in [6.07, 6.45) is 0. The molecule has 260 valence electrons. The fraction of sp³-hybridized carbons (Fsp3) is 0.0577. The normalized spacial score (nSPS) is 12.7. The van der Waals surface area contributed by atoms with E-state index in [2.05, 4.69) is 192 Å². The van der Waals surface area contributed by atoms with Crippen LogP contribution in [0.4, 0.5) is 22.7 Å². The van der Waals surface area contributed by atoms with Gasteiger partial charge in [0.2, 0.25) is 0 Å². The van der Waals surface area contributed by atoms with Crippen molar-refractivity contribution in [2.45, 2.75) is 19.3 Å². The molecule has 0 N–H and O–H groups in total. The Bertz CT molecular complexity index is 2930. The number of aromatic nitrogens is 1. The molecule has 0 saturated heterocycles. The zero-order chi connectivity index (χ0) is 37.1. The number of para-hydroxylation sites is 1. The van der Waals surface area contributed by atoms with Gasteiger partial charge in [-0.15, -0.1) is 0 Å². The molecule has 9 aromatic rings. The summed E-state index contributed by atoms with van der Waals surface area (Å²) in [6, 6.07) is 67.4. The quantitative estimate of drug-likeness (QED) is 0.157. The van der Waals surface area contributed by atoms with Crippen LogP contribution in [0.5, 0.6) is 0 Å². The number of hydrogen-bond donors (Lipinski definition) is 0. The zero-order valence-electron chi connectivity index (χ0n) is 30.7. The molecule has 0 fully saturated rings. The summed E-state index contributed by atoms with van der Waals surface area (Å²) in [4.78, 5) is 5.96. The topological polar surface area (TPSA) is 12.5 Å². The second kappa shape index (κ2) is 12.8. The van der Waals surface area contributed by atoms with Gasteiger partial charge in [0.25, 0.3) is 0 Å². The SMILES string of the molecule is [C-]#[N+]c1ccc(N(c2ccc(-c3ccc4c(c3)c3cc(-c5ccccc5)ccc3n4-c3ccccc3)cc2)c2ccc3c(c2)-c2ccccc2C3(C)C)cc1. The van der Waals surface area contributed by atoms with Crippen molar-refractivity contribution in [3.8, 4) is 39.1 Å². The lowest BCUT2D eigenvalue weighted by Gasteiger charge is -2.27. The Kier molecular flexibility index (Phi) is 7.54. The van der Waals surface area contributed by atoms with Gasteiger partial charge in [0.15, 0.2) is 5.69 Å². The van der Waals surface area contributed by atoms with Crippen molar-refractivity contribution in [2.24, 2.45) is 0 Å². The van der Waals surface area contributed by atoms with Gasteiger partial charge in [-0.1, -0.05) is 129 Å². The maximum absolute atomic E-state index is 7.54. The molecule has 1 aliphatic carbocycles. The van der Waals surface area contributed by atoms with Crippen LogP contribution in [0.1, 0.15) is 25.0 Å². The lowest BCUT2D eigenvalue weighted by molar-refractivity contribution is 0.660. The molecule has 0 bridgehead atoms. The van der Waals surface area contributed by atoms with E-state index < -0.39 is 0 Å². The largest absolute Gasteiger partial charge is 0.311 e. The van der Waals surface area contributed by atoms with Crippen LogP contribution in [-0.2, 0) is 5.41 Å². The summed E-state index contributed by atoms with van der Waals surface area (Å²) in [5, 5.41) is 2.45. The molecule has 0 amide bonds. The first-order chi connectivity index (χ1) is 27.0. The summed E-state index contributed by atoms with van der Waals surface area (Å²) < 4.78 is 2.37. The summed E-state index contributed by atoms with van der Waals surface area (Å²) in [5.41, 5.74) is 17.2.